The number of aromatic nitrogens is 2. The quantitative estimate of drug-likeness (QED) is 0.639. The van der Waals surface area contributed by atoms with Gasteiger partial charge in [-0.3, -0.25) is 0 Å². The van der Waals surface area contributed by atoms with Crippen molar-refractivity contribution in [2.24, 2.45) is 14.1 Å². The summed E-state index contributed by atoms with van der Waals surface area (Å²) in [5.74, 6) is 0. The van der Waals surface area contributed by atoms with Crippen LogP contribution in [0.3, 0.4) is 0 Å². The zero-order valence-corrected chi connectivity index (χ0v) is 14.6. The summed E-state index contributed by atoms with van der Waals surface area (Å²) in [6, 6.07) is 15.3. The number of aryl methyl sites for hydroxylation is 4. The third-order valence-corrected chi connectivity index (χ3v) is 4.45. The number of nitrogens with zero attached hydrogens (tertiary/aromatic N) is 2. The number of rotatable bonds is 2. The maximum absolute atomic E-state index is 2.21. The molecule has 3 aromatic rings. The molecule has 0 amide bonds. The Morgan fingerprint density at radius 1 is 0.609 bits per heavy atom. The van der Waals surface area contributed by atoms with Crippen molar-refractivity contribution in [1.82, 2.24) is 0 Å². The maximum Gasteiger partial charge on any atom is 0.212 e. The summed E-state index contributed by atoms with van der Waals surface area (Å²) in [6.45, 7) is 6.46. The predicted molar refractivity (Wildman–Crippen MR) is 93.9 cm³/mol. The Labute approximate surface area is 138 Å². The minimum atomic E-state index is 1.24. The fraction of sp³-hybridized carbons (Fsp3) is 0.238. The Balaban J connectivity index is 2.19. The first-order valence-electron chi connectivity index (χ1n) is 8.00. The van der Waals surface area contributed by atoms with E-state index < -0.39 is 0 Å². The number of pyridine rings is 2. The minimum absolute atomic E-state index is 1.24. The molecule has 0 aliphatic heterocycles. The van der Waals surface area contributed by atoms with Crippen LogP contribution in [0.1, 0.15) is 16.7 Å². The van der Waals surface area contributed by atoms with E-state index in [4.69, 9.17) is 0 Å². The fourth-order valence-corrected chi connectivity index (χ4v) is 3.24. The molecule has 0 saturated carbocycles. The molecular weight excluding hydrogens is 280 g/mol. The Bertz CT molecular complexity index is 809. The van der Waals surface area contributed by atoms with E-state index in [-0.39, 0.29) is 0 Å². The second-order valence-corrected chi connectivity index (χ2v) is 6.38. The van der Waals surface area contributed by atoms with E-state index in [9.17, 15) is 0 Å². The summed E-state index contributed by atoms with van der Waals surface area (Å²) < 4.78 is 4.41. The lowest BCUT2D eigenvalue weighted by Crippen LogP contribution is -2.32. The molecule has 0 unspecified atom stereocenters. The van der Waals surface area contributed by atoms with E-state index in [1.54, 1.807) is 0 Å². The Kier molecular flexibility index (Phi) is 3.99. The van der Waals surface area contributed by atoms with Gasteiger partial charge in [0.25, 0.3) is 0 Å². The first-order chi connectivity index (χ1) is 11.0. The molecule has 0 atom stereocenters. The third kappa shape index (κ3) is 2.89. The Morgan fingerprint density at radius 3 is 1.43 bits per heavy atom. The summed E-state index contributed by atoms with van der Waals surface area (Å²) in [5, 5.41) is 0. The van der Waals surface area contributed by atoms with Gasteiger partial charge in [0.15, 0.2) is 12.4 Å². The molecule has 3 rings (SSSR count). The van der Waals surface area contributed by atoms with Crippen LogP contribution in [0.25, 0.3) is 22.5 Å². The summed E-state index contributed by atoms with van der Waals surface area (Å²) >= 11 is 0. The van der Waals surface area contributed by atoms with Crippen molar-refractivity contribution < 1.29 is 9.13 Å². The molecule has 2 aromatic heterocycles. The van der Waals surface area contributed by atoms with Crippen LogP contribution in [0, 0.1) is 20.8 Å². The molecule has 0 fully saturated rings. The summed E-state index contributed by atoms with van der Waals surface area (Å²) in [4.78, 5) is 0. The monoisotopic (exact) mass is 304 g/mol. The molecule has 2 nitrogen and oxygen atoms in total. The van der Waals surface area contributed by atoms with Gasteiger partial charge in [0.05, 0.1) is 0 Å². The molecule has 0 radical (unpaired) electrons. The predicted octanol–water partition coefficient (Wildman–Crippen LogP) is 3.59. The molecule has 1 aromatic carbocycles. The largest absolute Gasteiger partial charge is 0.212 e. The van der Waals surface area contributed by atoms with Gasteiger partial charge in [0.2, 0.25) is 11.4 Å². The van der Waals surface area contributed by atoms with Crippen molar-refractivity contribution in [3.8, 4) is 22.5 Å². The van der Waals surface area contributed by atoms with E-state index in [1.807, 2.05) is 0 Å². The molecular formula is C21H24N2+2. The number of hydrogen-bond donors (Lipinski definition) is 0. The van der Waals surface area contributed by atoms with Crippen molar-refractivity contribution >= 4 is 0 Å². The van der Waals surface area contributed by atoms with Crippen LogP contribution in [0.15, 0.2) is 54.9 Å². The number of hydrogen-bond acceptors (Lipinski definition) is 0. The van der Waals surface area contributed by atoms with Crippen molar-refractivity contribution in [2.75, 3.05) is 0 Å². The highest BCUT2D eigenvalue weighted by Gasteiger charge is 2.18. The molecule has 0 spiro atoms. The van der Waals surface area contributed by atoms with Crippen LogP contribution in [0.2, 0.25) is 0 Å². The van der Waals surface area contributed by atoms with Crippen LogP contribution in [-0.2, 0) is 14.1 Å². The first kappa shape index (κ1) is 15.4. The number of benzene rings is 1. The summed E-state index contributed by atoms with van der Waals surface area (Å²) in [7, 11) is 4.22. The molecule has 2 heterocycles. The summed E-state index contributed by atoms with van der Waals surface area (Å²) in [5.41, 5.74) is 8.90. The SMILES string of the molecule is Cc1ccc(-c2cccc(-c3ccc(C)c[n+]3C)c2C)[n+](C)c1. The van der Waals surface area contributed by atoms with Gasteiger partial charge in [-0.2, -0.15) is 0 Å². The van der Waals surface area contributed by atoms with Crippen LogP contribution in [0.4, 0.5) is 0 Å². The molecule has 0 aliphatic carbocycles. The van der Waals surface area contributed by atoms with Crippen molar-refractivity contribution in [3.05, 3.63) is 71.5 Å². The van der Waals surface area contributed by atoms with Gasteiger partial charge in [0.1, 0.15) is 14.1 Å². The lowest BCUT2D eigenvalue weighted by atomic mass is 9.96. The standard InChI is InChI=1S/C21H24N2/c1-15-9-11-20(22(4)13-15)18-7-6-8-19(17(18)3)21-12-10-16(2)14-23(21)5/h6-14H,1-5H3/q+2. The zero-order chi connectivity index (χ0) is 16.6. The smallest absolute Gasteiger partial charge is 0.201 e. The lowest BCUT2D eigenvalue weighted by Gasteiger charge is -2.09. The Morgan fingerprint density at radius 2 is 1.04 bits per heavy atom. The molecule has 0 bridgehead atoms. The molecule has 0 N–H and O–H groups in total. The topological polar surface area (TPSA) is 7.76 Å². The highest BCUT2D eigenvalue weighted by Crippen LogP contribution is 2.28. The van der Waals surface area contributed by atoms with E-state index in [1.165, 1.54) is 39.2 Å². The van der Waals surface area contributed by atoms with Gasteiger partial charge in [-0.15, -0.1) is 0 Å². The third-order valence-electron chi connectivity index (χ3n) is 4.45. The van der Waals surface area contributed by atoms with Crippen LogP contribution >= 0.6 is 0 Å². The minimum Gasteiger partial charge on any atom is -0.201 e. The van der Waals surface area contributed by atoms with E-state index in [2.05, 4.69) is 98.9 Å². The summed E-state index contributed by atoms with van der Waals surface area (Å²) in [6.07, 6.45) is 4.35. The van der Waals surface area contributed by atoms with Crippen LogP contribution in [-0.4, -0.2) is 0 Å². The van der Waals surface area contributed by atoms with Gasteiger partial charge in [-0.05, 0) is 50.6 Å². The molecule has 116 valence electrons. The zero-order valence-electron chi connectivity index (χ0n) is 14.6. The molecule has 23 heavy (non-hydrogen) atoms. The van der Waals surface area contributed by atoms with Gasteiger partial charge < -0.3 is 0 Å². The second-order valence-electron chi connectivity index (χ2n) is 6.38. The van der Waals surface area contributed by atoms with Gasteiger partial charge in [-0.1, -0.05) is 6.07 Å². The normalized spacial score (nSPS) is 10.8. The molecule has 0 aliphatic rings. The van der Waals surface area contributed by atoms with E-state index in [0.29, 0.717) is 0 Å². The molecule has 0 saturated heterocycles. The van der Waals surface area contributed by atoms with Gasteiger partial charge >= 0.3 is 0 Å². The van der Waals surface area contributed by atoms with Crippen LogP contribution < -0.4 is 9.13 Å². The van der Waals surface area contributed by atoms with Crippen LogP contribution in [0.5, 0.6) is 0 Å². The average molecular weight is 304 g/mol. The molecule has 2 heteroatoms. The van der Waals surface area contributed by atoms with E-state index in [0.717, 1.165) is 0 Å². The van der Waals surface area contributed by atoms with Gasteiger partial charge in [0, 0.05) is 34.4 Å². The first-order valence-corrected chi connectivity index (χ1v) is 8.00. The highest BCUT2D eigenvalue weighted by atomic mass is 14.9. The Hall–Kier alpha value is -2.48. The van der Waals surface area contributed by atoms with Crippen molar-refractivity contribution in [1.29, 1.82) is 0 Å². The van der Waals surface area contributed by atoms with Crippen molar-refractivity contribution in [3.63, 3.8) is 0 Å². The fourth-order valence-electron chi connectivity index (χ4n) is 3.24. The van der Waals surface area contributed by atoms with Crippen molar-refractivity contribution in [2.45, 2.75) is 20.8 Å². The maximum atomic E-state index is 2.21. The lowest BCUT2D eigenvalue weighted by molar-refractivity contribution is -0.661. The van der Waals surface area contributed by atoms with E-state index >= 15 is 0 Å². The average Bonchev–Trinajstić information content (AvgIpc) is 2.49. The van der Waals surface area contributed by atoms with Gasteiger partial charge in [-0.25, -0.2) is 9.13 Å². The highest BCUT2D eigenvalue weighted by molar-refractivity contribution is 5.73. The second kappa shape index (κ2) is 5.96.